The molecule has 0 aliphatic heterocycles. The lowest BCUT2D eigenvalue weighted by Crippen LogP contribution is -2.24. The van der Waals surface area contributed by atoms with E-state index in [2.05, 4.69) is 253 Å². The Bertz CT molecular complexity index is 2990. The third kappa shape index (κ3) is 7.52. The number of fused-ring (bicyclic) bond motifs is 4. The first kappa shape index (κ1) is 41.7. The maximum atomic E-state index is 2.43. The lowest BCUT2D eigenvalue weighted by Gasteiger charge is -2.31. The number of aromatic nitrogens is 1. The number of rotatable bonds is 8. The molecule has 0 radical (unpaired) electrons. The molecule has 0 spiro atoms. The number of benzene rings is 9. The highest BCUT2D eigenvalue weighted by Crippen LogP contribution is 2.54. The second kappa shape index (κ2) is 18.3. The van der Waals surface area contributed by atoms with Crippen LogP contribution in [0.5, 0.6) is 0 Å². The van der Waals surface area contributed by atoms with Gasteiger partial charge in [-0.15, -0.1) is 0 Å². The van der Waals surface area contributed by atoms with Crippen LogP contribution in [0.3, 0.4) is 0 Å². The van der Waals surface area contributed by atoms with Crippen LogP contribution in [0.25, 0.3) is 61.1 Å². The van der Waals surface area contributed by atoms with Crippen LogP contribution in [0, 0.1) is 0 Å². The minimum Gasteiger partial charge on any atom is -0.317 e. The molecule has 0 amide bonds. The number of hydrogen-bond donors (Lipinski definition) is 0. The van der Waals surface area contributed by atoms with Gasteiger partial charge in [0, 0.05) is 34.4 Å². The minimum absolute atomic E-state index is 0.382. The molecule has 1 aliphatic rings. The summed E-state index contributed by atoms with van der Waals surface area (Å²) in [5.74, 6) is 0. The molecule has 10 aromatic rings. The maximum Gasteiger partial charge on any atom is 0.0528 e. The summed E-state index contributed by atoms with van der Waals surface area (Å²) in [5.41, 5.74) is 19.1. The summed E-state index contributed by atoms with van der Waals surface area (Å²) in [5, 5.41) is 1.23. The average molecular weight is 827 g/mol. The van der Waals surface area contributed by atoms with Gasteiger partial charge in [0.15, 0.2) is 0 Å². The average Bonchev–Trinajstić information content (AvgIpc) is 3.94. The fraction of sp³-hybridized carbons (Fsp3) is 0.0968. The molecule has 1 aromatic heterocycles. The van der Waals surface area contributed by atoms with Crippen LogP contribution in [0.15, 0.2) is 237 Å². The number of anilines is 3. The molecule has 9 aromatic carbocycles. The van der Waals surface area contributed by atoms with Crippen molar-refractivity contribution in [2.45, 2.75) is 40.0 Å². The second-order valence-electron chi connectivity index (χ2n) is 15.9. The lowest BCUT2D eigenvalue weighted by molar-refractivity contribution is 0.715. The van der Waals surface area contributed by atoms with Crippen molar-refractivity contribution in [2.24, 2.45) is 0 Å². The summed E-state index contributed by atoms with van der Waals surface area (Å²) in [7, 11) is 0. The molecule has 1 aliphatic carbocycles. The van der Waals surface area contributed by atoms with Gasteiger partial charge in [0.2, 0.25) is 0 Å². The van der Waals surface area contributed by atoms with Gasteiger partial charge in [0.1, 0.15) is 0 Å². The quantitative estimate of drug-likeness (QED) is 0.148. The van der Waals surface area contributed by atoms with E-state index in [9.17, 15) is 0 Å². The standard InChI is InChI=1S/C58H42N2.2C2H6/c1-58(54-21-11-9-19-52(54)53-20-10-12-22-55(53)58)56-40-50(59-39-38-46-18-8-13-23-57(46)59)36-37-51(56)45-28-34-49(35-29-45)60(47-30-24-43(25-31-47)41-14-4-2-5-15-41)48-32-26-44(27-33-48)42-16-6-3-7-17-42;2*1-2/h2-40H,1H3;2*1-2H3. The molecule has 2 heteroatoms. The van der Waals surface area contributed by atoms with Crippen molar-refractivity contribution in [1.82, 2.24) is 4.57 Å². The van der Waals surface area contributed by atoms with Crippen molar-refractivity contribution >= 4 is 28.0 Å². The summed E-state index contributed by atoms with van der Waals surface area (Å²) in [6.07, 6.45) is 2.20. The summed E-state index contributed by atoms with van der Waals surface area (Å²) in [6, 6.07) is 84.0. The molecule has 0 N–H and O–H groups in total. The van der Waals surface area contributed by atoms with E-state index in [4.69, 9.17) is 0 Å². The number of para-hydroxylation sites is 1. The van der Waals surface area contributed by atoms with E-state index < -0.39 is 0 Å². The van der Waals surface area contributed by atoms with E-state index in [1.165, 1.54) is 72.1 Å². The molecule has 312 valence electrons. The van der Waals surface area contributed by atoms with Gasteiger partial charge < -0.3 is 9.47 Å². The summed E-state index contributed by atoms with van der Waals surface area (Å²) in [6.45, 7) is 10.4. The van der Waals surface area contributed by atoms with Crippen molar-refractivity contribution in [3.05, 3.63) is 253 Å². The van der Waals surface area contributed by atoms with E-state index in [1.54, 1.807) is 0 Å². The highest BCUT2D eigenvalue weighted by Gasteiger charge is 2.42. The van der Waals surface area contributed by atoms with E-state index in [0.717, 1.165) is 22.7 Å². The van der Waals surface area contributed by atoms with Crippen molar-refractivity contribution in [2.75, 3.05) is 4.90 Å². The van der Waals surface area contributed by atoms with Crippen LogP contribution in [-0.2, 0) is 5.41 Å². The SMILES string of the molecule is CC.CC.CC1(c2cc(-n3ccc4ccccc43)ccc2-c2ccc(N(c3ccc(-c4ccccc4)cc3)c3ccc(-c4ccccc4)cc3)cc2)c2ccccc2-c2ccccc21. The normalized spacial score (nSPS) is 12.0. The number of hydrogen-bond acceptors (Lipinski definition) is 1. The zero-order valence-electron chi connectivity index (χ0n) is 37.4. The van der Waals surface area contributed by atoms with Gasteiger partial charge in [-0.25, -0.2) is 0 Å². The van der Waals surface area contributed by atoms with Crippen LogP contribution >= 0.6 is 0 Å². The Hall–Kier alpha value is -7.68. The monoisotopic (exact) mass is 826 g/mol. The van der Waals surface area contributed by atoms with Gasteiger partial charge in [-0.3, -0.25) is 0 Å². The lowest BCUT2D eigenvalue weighted by atomic mass is 9.71. The van der Waals surface area contributed by atoms with Gasteiger partial charge in [-0.1, -0.05) is 198 Å². The van der Waals surface area contributed by atoms with E-state index in [0.29, 0.717) is 0 Å². The Morgan fingerprint density at radius 1 is 0.344 bits per heavy atom. The topological polar surface area (TPSA) is 8.17 Å². The molecule has 2 nitrogen and oxygen atoms in total. The molecule has 0 unspecified atom stereocenters. The molecule has 0 saturated carbocycles. The smallest absolute Gasteiger partial charge is 0.0528 e. The largest absolute Gasteiger partial charge is 0.317 e. The van der Waals surface area contributed by atoms with Crippen molar-refractivity contribution < 1.29 is 0 Å². The molecular weight excluding hydrogens is 773 g/mol. The Kier molecular flexibility index (Phi) is 11.9. The van der Waals surface area contributed by atoms with E-state index in [-0.39, 0.29) is 5.41 Å². The highest BCUT2D eigenvalue weighted by atomic mass is 15.1. The zero-order valence-corrected chi connectivity index (χ0v) is 37.4. The van der Waals surface area contributed by atoms with Crippen LogP contribution < -0.4 is 4.90 Å². The molecular formula is C62H54N2. The second-order valence-corrected chi connectivity index (χ2v) is 15.9. The van der Waals surface area contributed by atoms with Gasteiger partial charge in [-0.05, 0) is 134 Å². The Morgan fingerprint density at radius 2 is 0.766 bits per heavy atom. The molecule has 0 fully saturated rings. The predicted octanol–water partition coefficient (Wildman–Crippen LogP) is 17.5. The van der Waals surface area contributed by atoms with Gasteiger partial charge >= 0.3 is 0 Å². The molecule has 0 saturated heterocycles. The fourth-order valence-electron chi connectivity index (χ4n) is 9.50. The zero-order chi connectivity index (χ0) is 44.0. The Labute approximate surface area is 379 Å². The first-order valence-electron chi connectivity index (χ1n) is 22.8. The predicted molar refractivity (Wildman–Crippen MR) is 274 cm³/mol. The van der Waals surface area contributed by atoms with Crippen molar-refractivity contribution in [3.8, 4) is 50.2 Å². The van der Waals surface area contributed by atoms with E-state index >= 15 is 0 Å². The van der Waals surface area contributed by atoms with Crippen LogP contribution in [0.4, 0.5) is 17.1 Å². The summed E-state index contributed by atoms with van der Waals surface area (Å²) < 4.78 is 2.33. The molecule has 0 bridgehead atoms. The molecule has 11 rings (SSSR count). The summed E-state index contributed by atoms with van der Waals surface area (Å²) >= 11 is 0. The molecule has 64 heavy (non-hydrogen) atoms. The minimum atomic E-state index is -0.382. The highest BCUT2D eigenvalue weighted by molar-refractivity contribution is 5.88. The van der Waals surface area contributed by atoms with Gasteiger partial charge in [0.25, 0.3) is 0 Å². The van der Waals surface area contributed by atoms with Crippen molar-refractivity contribution in [3.63, 3.8) is 0 Å². The number of nitrogens with zero attached hydrogens (tertiary/aromatic N) is 2. The van der Waals surface area contributed by atoms with Crippen LogP contribution in [-0.4, -0.2) is 4.57 Å². The third-order valence-corrected chi connectivity index (χ3v) is 12.5. The Balaban J connectivity index is 0.00000126. The van der Waals surface area contributed by atoms with Crippen molar-refractivity contribution in [1.29, 1.82) is 0 Å². The fourth-order valence-corrected chi connectivity index (χ4v) is 9.50. The molecule has 1 heterocycles. The van der Waals surface area contributed by atoms with E-state index in [1.807, 2.05) is 27.7 Å². The Morgan fingerprint density at radius 3 is 1.28 bits per heavy atom. The molecule has 0 atom stereocenters. The van der Waals surface area contributed by atoms with Gasteiger partial charge in [0.05, 0.1) is 5.52 Å². The maximum absolute atomic E-state index is 2.43. The van der Waals surface area contributed by atoms with Crippen LogP contribution in [0.2, 0.25) is 0 Å². The first-order valence-corrected chi connectivity index (χ1v) is 22.8. The van der Waals surface area contributed by atoms with Crippen LogP contribution in [0.1, 0.15) is 51.3 Å². The van der Waals surface area contributed by atoms with Gasteiger partial charge in [-0.2, -0.15) is 0 Å². The first-order chi connectivity index (χ1) is 31.6. The summed E-state index contributed by atoms with van der Waals surface area (Å²) in [4.78, 5) is 2.36. The third-order valence-electron chi connectivity index (χ3n) is 12.5.